The molecule has 0 radical (unpaired) electrons. The van der Waals surface area contributed by atoms with Crippen LogP contribution in [0, 0.1) is 5.92 Å². The molecule has 2 atom stereocenters. The molecule has 1 aromatic carbocycles. The van der Waals surface area contributed by atoms with E-state index < -0.39 is 17.9 Å². The van der Waals surface area contributed by atoms with Gasteiger partial charge in [0.1, 0.15) is 11.8 Å². The molecule has 1 aromatic rings. The van der Waals surface area contributed by atoms with Gasteiger partial charge < -0.3 is 21.3 Å². The fourth-order valence-corrected chi connectivity index (χ4v) is 1.49. The van der Waals surface area contributed by atoms with Crippen molar-refractivity contribution in [1.29, 1.82) is 0 Å². The number of amides is 1. The van der Waals surface area contributed by atoms with Crippen molar-refractivity contribution in [3.63, 3.8) is 0 Å². The highest BCUT2D eigenvalue weighted by Crippen LogP contribution is 2.11. The van der Waals surface area contributed by atoms with Crippen LogP contribution in [-0.2, 0) is 16.0 Å². The summed E-state index contributed by atoms with van der Waals surface area (Å²) in [6.45, 7) is 1.80. The van der Waals surface area contributed by atoms with E-state index in [-0.39, 0.29) is 24.6 Å². The minimum Gasteiger partial charge on any atom is -0.508 e. The van der Waals surface area contributed by atoms with E-state index in [1.54, 1.807) is 19.1 Å². The van der Waals surface area contributed by atoms with E-state index >= 15 is 0 Å². The number of aliphatic carboxylic acids is 1. The molecular formula is C13H18N2O4. The number of phenols is 1. The Kier molecular flexibility index (Phi) is 5.32. The summed E-state index contributed by atoms with van der Waals surface area (Å²) in [6, 6.07) is 5.16. The first kappa shape index (κ1) is 15.0. The standard InChI is InChI=1S/C13H18N2O4/c1-8(7-14)12(17)15-11(13(18)19)6-9-2-4-10(16)5-3-9/h2-5,8,11,16H,6-7,14H2,1H3,(H,15,17)(H,18,19)/t8?,11-/m0/s1. The molecule has 6 heteroatoms. The highest BCUT2D eigenvalue weighted by Gasteiger charge is 2.22. The summed E-state index contributed by atoms with van der Waals surface area (Å²) in [7, 11) is 0. The Morgan fingerprint density at radius 2 is 1.89 bits per heavy atom. The Bertz CT molecular complexity index is 444. The Morgan fingerprint density at radius 3 is 2.37 bits per heavy atom. The SMILES string of the molecule is CC(CN)C(=O)N[C@@H](Cc1ccc(O)cc1)C(=O)O. The van der Waals surface area contributed by atoms with Crippen molar-refractivity contribution >= 4 is 11.9 Å². The van der Waals surface area contributed by atoms with Crippen LogP contribution < -0.4 is 11.1 Å². The molecule has 1 unspecified atom stereocenters. The lowest BCUT2D eigenvalue weighted by Crippen LogP contribution is -2.45. The van der Waals surface area contributed by atoms with Gasteiger partial charge in [0, 0.05) is 18.9 Å². The van der Waals surface area contributed by atoms with Gasteiger partial charge in [-0.3, -0.25) is 4.79 Å². The third-order valence-corrected chi connectivity index (χ3v) is 2.79. The van der Waals surface area contributed by atoms with Crippen molar-refractivity contribution in [2.75, 3.05) is 6.54 Å². The molecule has 104 valence electrons. The van der Waals surface area contributed by atoms with Gasteiger partial charge in [0.25, 0.3) is 0 Å². The fourth-order valence-electron chi connectivity index (χ4n) is 1.49. The largest absolute Gasteiger partial charge is 0.508 e. The number of carboxylic acids is 1. The molecule has 0 aliphatic rings. The van der Waals surface area contributed by atoms with Crippen LogP contribution >= 0.6 is 0 Å². The van der Waals surface area contributed by atoms with Crippen LogP contribution in [0.15, 0.2) is 24.3 Å². The van der Waals surface area contributed by atoms with Gasteiger partial charge in [-0.15, -0.1) is 0 Å². The van der Waals surface area contributed by atoms with Gasteiger partial charge in [-0.2, -0.15) is 0 Å². The number of rotatable bonds is 6. The van der Waals surface area contributed by atoms with E-state index in [1.807, 2.05) is 0 Å². The number of aromatic hydroxyl groups is 1. The van der Waals surface area contributed by atoms with Gasteiger partial charge in [-0.1, -0.05) is 19.1 Å². The molecule has 0 aromatic heterocycles. The van der Waals surface area contributed by atoms with Crippen LogP contribution in [0.3, 0.4) is 0 Å². The Balaban J connectivity index is 2.71. The number of phenolic OH excluding ortho intramolecular Hbond substituents is 1. The smallest absolute Gasteiger partial charge is 0.326 e. The number of nitrogens with one attached hydrogen (secondary N) is 1. The van der Waals surface area contributed by atoms with Crippen molar-refractivity contribution in [3.8, 4) is 5.75 Å². The zero-order valence-corrected chi connectivity index (χ0v) is 10.7. The number of hydrogen-bond donors (Lipinski definition) is 4. The molecule has 6 nitrogen and oxygen atoms in total. The molecule has 19 heavy (non-hydrogen) atoms. The van der Waals surface area contributed by atoms with Gasteiger partial charge in [0.2, 0.25) is 5.91 Å². The first-order valence-electron chi connectivity index (χ1n) is 5.95. The third kappa shape index (κ3) is 4.59. The molecule has 0 bridgehead atoms. The second kappa shape index (κ2) is 6.75. The lowest BCUT2D eigenvalue weighted by Gasteiger charge is -2.17. The summed E-state index contributed by atoms with van der Waals surface area (Å²) < 4.78 is 0. The summed E-state index contributed by atoms with van der Waals surface area (Å²) in [5.74, 6) is -1.81. The summed E-state index contributed by atoms with van der Waals surface area (Å²) in [5.41, 5.74) is 6.07. The molecule has 1 rings (SSSR count). The maximum absolute atomic E-state index is 11.6. The normalized spacial score (nSPS) is 13.6. The molecule has 0 saturated carbocycles. The van der Waals surface area contributed by atoms with Crippen LogP contribution in [0.2, 0.25) is 0 Å². The van der Waals surface area contributed by atoms with E-state index in [9.17, 15) is 9.59 Å². The van der Waals surface area contributed by atoms with Crippen LogP contribution in [0.5, 0.6) is 5.75 Å². The minimum absolute atomic E-state index is 0.108. The average Bonchev–Trinajstić information content (AvgIpc) is 2.39. The molecule has 0 aliphatic carbocycles. The maximum Gasteiger partial charge on any atom is 0.326 e. The Morgan fingerprint density at radius 1 is 1.32 bits per heavy atom. The molecule has 0 fully saturated rings. The van der Waals surface area contributed by atoms with Gasteiger partial charge in [0.15, 0.2) is 0 Å². The summed E-state index contributed by atoms with van der Waals surface area (Å²) in [6.07, 6.45) is 0.151. The molecule has 5 N–H and O–H groups in total. The van der Waals surface area contributed by atoms with Crippen molar-refractivity contribution < 1.29 is 19.8 Å². The fraction of sp³-hybridized carbons (Fsp3) is 0.385. The monoisotopic (exact) mass is 266 g/mol. The van der Waals surface area contributed by atoms with Crippen LogP contribution in [-0.4, -0.2) is 34.7 Å². The van der Waals surface area contributed by atoms with Crippen molar-refractivity contribution in [1.82, 2.24) is 5.32 Å². The van der Waals surface area contributed by atoms with Gasteiger partial charge in [-0.05, 0) is 17.7 Å². The summed E-state index contributed by atoms with van der Waals surface area (Å²) in [5, 5.41) is 20.7. The predicted molar refractivity (Wildman–Crippen MR) is 69.6 cm³/mol. The molecule has 0 aliphatic heterocycles. The van der Waals surface area contributed by atoms with Gasteiger partial charge in [0.05, 0.1) is 0 Å². The van der Waals surface area contributed by atoms with E-state index in [0.717, 1.165) is 0 Å². The van der Waals surface area contributed by atoms with E-state index in [1.165, 1.54) is 12.1 Å². The highest BCUT2D eigenvalue weighted by atomic mass is 16.4. The zero-order valence-electron chi connectivity index (χ0n) is 10.7. The van der Waals surface area contributed by atoms with E-state index in [0.29, 0.717) is 5.56 Å². The molecule has 0 spiro atoms. The molecule has 1 amide bonds. The third-order valence-electron chi connectivity index (χ3n) is 2.79. The number of benzene rings is 1. The minimum atomic E-state index is -1.11. The maximum atomic E-state index is 11.6. The quantitative estimate of drug-likeness (QED) is 0.583. The topological polar surface area (TPSA) is 113 Å². The Hall–Kier alpha value is -2.08. The second-order valence-electron chi connectivity index (χ2n) is 4.41. The number of carbonyl (C=O) groups excluding carboxylic acids is 1. The highest BCUT2D eigenvalue weighted by molar-refractivity contribution is 5.85. The molecular weight excluding hydrogens is 248 g/mol. The van der Waals surface area contributed by atoms with Crippen LogP contribution in [0.4, 0.5) is 0 Å². The average molecular weight is 266 g/mol. The summed E-state index contributed by atoms with van der Waals surface area (Å²) in [4.78, 5) is 22.8. The van der Waals surface area contributed by atoms with Crippen molar-refractivity contribution in [2.45, 2.75) is 19.4 Å². The van der Waals surface area contributed by atoms with Gasteiger partial charge in [-0.25, -0.2) is 4.79 Å². The van der Waals surface area contributed by atoms with Crippen LogP contribution in [0.1, 0.15) is 12.5 Å². The lowest BCUT2D eigenvalue weighted by atomic mass is 10.0. The number of carboxylic acid groups (broad SMARTS) is 1. The number of hydrogen-bond acceptors (Lipinski definition) is 4. The number of carbonyl (C=O) groups is 2. The predicted octanol–water partition coefficient (Wildman–Crippen LogP) is 0.0989. The van der Waals surface area contributed by atoms with E-state index in [4.69, 9.17) is 15.9 Å². The first-order chi connectivity index (χ1) is 8.93. The van der Waals surface area contributed by atoms with Crippen molar-refractivity contribution in [2.24, 2.45) is 11.7 Å². The van der Waals surface area contributed by atoms with E-state index in [2.05, 4.69) is 5.32 Å². The zero-order chi connectivity index (χ0) is 14.4. The van der Waals surface area contributed by atoms with Crippen molar-refractivity contribution in [3.05, 3.63) is 29.8 Å². The first-order valence-corrected chi connectivity index (χ1v) is 5.95. The molecule has 0 saturated heterocycles. The number of nitrogens with two attached hydrogens (primary N) is 1. The van der Waals surface area contributed by atoms with Crippen LogP contribution in [0.25, 0.3) is 0 Å². The summed E-state index contributed by atoms with van der Waals surface area (Å²) >= 11 is 0. The Labute approximate surface area is 111 Å². The lowest BCUT2D eigenvalue weighted by molar-refractivity contribution is -0.142. The second-order valence-corrected chi connectivity index (χ2v) is 4.41. The van der Waals surface area contributed by atoms with Gasteiger partial charge >= 0.3 is 5.97 Å². The molecule has 0 heterocycles.